The molecule has 21 heavy (non-hydrogen) atoms. The Morgan fingerprint density at radius 3 is 2.52 bits per heavy atom. The number of hydrogen-bond acceptors (Lipinski definition) is 2. The van der Waals surface area contributed by atoms with E-state index in [-0.39, 0.29) is 5.91 Å². The second kappa shape index (κ2) is 6.20. The van der Waals surface area contributed by atoms with Crippen molar-refractivity contribution < 1.29 is 4.79 Å². The van der Waals surface area contributed by atoms with Crippen molar-refractivity contribution in [2.75, 3.05) is 12.3 Å². The molecule has 0 bridgehead atoms. The Balaban J connectivity index is 2.12. The summed E-state index contributed by atoms with van der Waals surface area (Å²) in [6.07, 6.45) is 1.75. The van der Waals surface area contributed by atoms with Gasteiger partial charge in [0.1, 0.15) is 0 Å². The van der Waals surface area contributed by atoms with Crippen molar-refractivity contribution >= 4 is 22.5 Å². The van der Waals surface area contributed by atoms with E-state index in [0.717, 1.165) is 10.9 Å². The smallest absolute Gasteiger partial charge is 0.253 e. The molecule has 0 spiro atoms. The van der Waals surface area contributed by atoms with Crippen LogP contribution >= 0.6 is 0 Å². The standard InChI is InChI=1S/C17H25N3O/c1-10(2)14(11(3)4)8-20-17(21)15-9-19-16-7-12(18)5-6-13(15)16/h5-7,9-11,14,19H,8,18H2,1-4H3,(H,20,21). The maximum atomic E-state index is 12.4. The quantitative estimate of drug-likeness (QED) is 0.737. The van der Waals surface area contributed by atoms with E-state index in [4.69, 9.17) is 5.73 Å². The first-order valence-corrected chi connectivity index (χ1v) is 7.55. The molecule has 0 aliphatic rings. The summed E-state index contributed by atoms with van der Waals surface area (Å²) in [4.78, 5) is 15.5. The molecular formula is C17H25N3O. The predicted octanol–water partition coefficient (Wildman–Crippen LogP) is 3.41. The zero-order valence-electron chi connectivity index (χ0n) is 13.2. The van der Waals surface area contributed by atoms with Crippen molar-refractivity contribution in [2.24, 2.45) is 17.8 Å². The van der Waals surface area contributed by atoms with Gasteiger partial charge in [-0.3, -0.25) is 4.79 Å². The summed E-state index contributed by atoms with van der Waals surface area (Å²) < 4.78 is 0. The third kappa shape index (κ3) is 3.38. The number of carbonyl (C=O) groups is 1. The number of amides is 1. The lowest BCUT2D eigenvalue weighted by Crippen LogP contribution is -2.33. The molecule has 4 heteroatoms. The van der Waals surface area contributed by atoms with Gasteiger partial charge < -0.3 is 16.0 Å². The van der Waals surface area contributed by atoms with Gasteiger partial charge in [-0.1, -0.05) is 27.7 Å². The lowest BCUT2D eigenvalue weighted by Gasteiger charge is -2.25. The number of fused-ring (bicyclic) bond motifs is 1. The number of nitrogen functional groups attached to an aromatic ring is 1. The molecule has 2 rings (SSSR count). The molecule has 4 N–H and O–H groups in total. The first-order chi connectivity index (χ1) is 9.90. The van der Waals surface area contributed by atoms with Crippen LogP contribution in [-0.2, 0) is 0 Å². The van der Waals surface area contributed by atoms with E-state index in [1.165, 1.54) is 0 Å². The van der Waals surface area contributed by atoms with E-state index in [1.54, 1.807) is 6.20 Å². The molecule has 1 aromatic carbocycles. The average Bonchev–Trinajstić information content (AvgIpc) is 2.80. The monoisotopic (exact) mass is 287 g/mol. The third-order valence-corrected chi connectivity index (χ3v) is 4.16. The van der Waals surface area contributed by atoms with Crippen molar-refractivity contribution in [1.29, 1.82) is 0 Å². The summed E-state index contributed by atoms with van der Waals surface area (Å²) in [7, 11) is 0. The minimum Gasteiger partial charge on any atom is -0.399 e. The van der Waals surface area contributed by atoms with Crippen LogP contribution in [0.1, 0.15) is 38.1 Å². The van der Waals surface area contributed by atoms with E-state index in [0.29, 0.717) is 35.5 Å². The fourth-order valence-corrected chi connectivity index (χ4v) is 2.88. The van der Waals surface area contributed by atoms with Gasteiger partial charge in [-0.05, 0) is 36.0 Å². The Labute approximate surface area is 126 Å². The molecular weight excluding hydrogens is 262 g/mol. The number of aromatic nitrogens is 1. The molecule has 1 aromatic heterocycles. The summed E-state index contributed by atoms with van der Waals surface area (Å²) in [5, 5.41) is 3.97. The van der Waals surface area contributed by atoms with Crippen LogP contribution in [-0.4, -0.2) is 17.4 Å². The van der Waals surface area contributed by atoms with Gasteiger partial charge in [0.2, 0.25) is 0 Å². The molecule has 0 aliphatic carbocycles. The molecule has 0 atom stereocenters. The highest BCUT2D eigenvalue weighted by atomic mass is 16.1. The molecule has 0 radical (unpaired) electrons. The van der Waals surface area contributed by atoms with Gasteiger partial charge in [-0.15, -0.1) is 0 Å². The molecule has 0 saturated heterocycles. The number of aromatic amines is 1. The van der Waals surface area contributed by atoms with Gasteiger partial charge in [0.15, 0.2) is 0 Å². The number of nitrogens with one attached hydrogen (secondary N) is 2. The molecule has 114 valence electrons. The number of rotatable bonds is 5. The van der Waals surface area contributed by atoms with Crippen LogP contribution in [0, 0.1) is 17.8 Å². The zero-order valence-corrected chi connectivity index (χ0v) is 13.2. The normalized spacial score (nSPS) is 11.8. The highest BCUT2D eigenvalue weighted by molar-refractivity contribution is 6.07. The van der Waals surface area contributed by atoms with Gasteiger partial charge in [0.25, 0.3) is 5.91 Å². The lowest BCUT2D eigenvalue weighted by atomic mass is 9.85. The van der Waals surface area contributed by atoms with Crippen LogP contribution in [0.4, 0.5) is 5.69 Å². The van der Waals surface area contributed by atoms with Crippen molar-refractivity contribution in [3.63, 3.8) is 0 Å². The summed E-state index contributed by atoms with van der Waals surface area (Å²) in [6, 6.07) is 5.55. The van der Waals surface area contributed by atoms with E-state index < -0.39 is 0 Å². The molecule has 1 amide bonds. The highest BCUT2D eigenvalue weighted by Gasteiger charge is 2.19. The molecule has 4 nitrogen and oxygen atoms in total. The highest BCUT2D eigenvalue weighted by Crippen LogP contribution is 2.22. The van der Waals surface area contributed by atoms with Gasteiger partial charge >= 0.3 is 0 Å². The van der Waals surface area contributed by atoms with Gasteiger partial charge in [0.05, 0.1) is 5.56 Å². The molecule has 1 heterocycles. The summed E-state index contributed by atoms with van der Waals surface area (Å²) in [5.41, 5.74) is 8.01. The van der Waals surface area contributed by atoms with Gasteiger partial charge in [0, 0.05) is 29.3 Å². The zero-order chi connectivity index (χ0) is 15.6. The van der Waals surface area contributed by atoms with E-state index >= 15 is 0 Å². The Kier molecular flexibility index (Phi) is 4.56. The second-order valence-corrected chi connectivity index (χ2v) is 6.37. The van der Waals surface area contributed by atoms with E-state index in [1.807, 2.05) is 18.2 Å². The maximum absolute atomic E-state index is 12.4. The third-order valence-electron chi connectivity index (χ3n) is 4.16. The van der Waals surface area contributed by atoms with Crippen molar-refractivity contribution in [2.45, 2.75) is 27.7 Å². The van der Waals surface area contributed by atoms with E-state index in [2.05, 4.69) is 38.0 Å². The fourth-order valence-electron chi connectivity index (χ4n) is 2.88. The van der Waals surface area contributed by atoms with Crippen LogP contribution in [0.2, 0.25) is 0 Å². The molecule has 0 fully saturated rings. The van der Waals surface area contributed by atoms with Gasteiger partial charge in [-0.25, -0.2) is 0 Å². The minimum atomic E-state index is -0.0303. The molecule has 0 aliphatic heterocycles. The molecule has 0 saturated carbocycles. The van der Waals surface area contributed by atoms with Crippen LogP contribution in [0.15, 0.2) is 24.4 Å². The molecule has 2 aromatic rings. The van der Waals surface area contributed by atoms with Crippen LogP contribution in [0.5, 0.6) is 0 Å². The summed E-state index contributed by atoms with van der Waals surface area (Å²) in [5.74, 6) is 1.55. The lowest BCUT2D eigenvalue weighted by molar-refractivity contribution is 0.0939. The van der Waals surface area contributed by atoms with Crippen LogP contribution in [0.3, 0.4) is 0 Å². The van der Waals surface area contributed by atoms with Gasteiger partial charge in [-0.2, -0.15) is 0 Å². The number of H-pyrrole nitrogens is 1. The first-order valence-electron chi connectivity index (χ1n) is 7.55. The Morgan fingerprint density at radius 2 is 1.90 bits per heavy atom. The first kappa shape index (κ1) is 15.4. The Bertz CT molecular complexity index is 620. The largest absolute Gasteiger partial charge is 0.399 e. The number of carbonyl (C=O) groups excluding carboxylic acids is 1. The predicted molar refractivity (Wildman–Crippen MR) is 88.2 cm³/mol. The number of anilines is 1. The topological polar surface area (TPSA) is 70.9 Å². The van der Waals surface area contributed by atoms with E-state index in [9.17, 15) is 4.79 Å². The Hall–Kier alpha value is -1.97. The van der Waals surface area contributed by atoms with Crippen LogP contribution < -0.4 is 11.1 Å². The summed E-state index contributed by atoms with van der Waals surface area (Å²) in [6.45, 7) is 9.50. The number of hydrogen-bond donors (Lipinski definition) is 3. The molecule has 0 unspecified atom stereocenters. The Morgan fingerprint density at radius 1 is 1.24 bits per heavy atom. The SMILES string of the molecule is CC(C)C(CNC(=O)c1c[nH]c2cc(N)ccc12)C(C)C. The number of nitrogens with two attached hydrogens (primary N) is 1. The van der Waals surface area contributed by atoms with Crippen LogP contribution in [0.25, 0.3) is 10.9 Å². The average molecular weight is 287 g/mol. The fraction of sp³-hybridized carbons (Fsp3) is 0.471. The van der Waals surface area contributed by atoms with Crippen molar-refractivity contribution in [3.05, 3.63) is 30.0 Å². The second-order valence-electron chi connectivity index (χ2n) is 6.37. The maximum Gasteiger partial charge on any atom is 0.253 e. The summed E-state index contributed by atoms with van der Waals surface area (Å²) >= 11 is 0. The minimum absolute atomic E-state index is 0.0303. The van der Waals surface area contributed by atoms with Crippen molar-refractivity contribution in [3.8, 4) is 0 Å². The van der Waals surface area contributed by atoms with Crippen molar-refractivity contribution in [1.82, 2.24) is 10.3 Å². The number of benzene rings is 1.